The number of amides is 1. The van der Waals surface area contributed by atoms with Crippen LogP contribution in [0.1, 0.15) is 21.5 Å². The van der Waals surface area contributed by atoms with Gasteiger partial charge >= 0.3 is 0 Å². The van der Waals surface area contributed by atoms with E-state index >= 15 is 0 Å². The maximum atomic E-state index is 12.6. The molecule has 0 aliphatic carbocycles. The number of anilines is 1. The van der Waals surface area contributed by atoms with Crippen molar-refractivity contribution in [3.63, 3.8) is 0 Å². The molecule has 5 heteroatoms. The summed E-state index contributed by atoms with van der Waals surface area (Å²) in [6, 6.07) is 12.5. The fraction of sp³-hybridized carbons (Fsp3) is 0.125. The van der Waals surface area contributed by atoms with E-state index in [-0.39, 0.29) is 5.91 Å². The predicted molar refractivity (Wildman–Crippen MR) is 91.3 cm³/mol. The average molecular weight is 319 g/mol. The second-order valence-electron chi connectivity index (χ2n) is 4.69. The number of hydrogen-bond acceptors (Lipinski definition) is 2. The van der Waals surface area contributed by atoms with Crippen LogP contribution in [0.2, 0.25) is 5.02 Å². The highest BCUT2D eigenvalue weighted by atomic mass is 35.5. The van der Waals surface area contributed by atoms with Gasteiger partial charge in [0.1, 0.15) is 4.99 Å². The molecule has 0 spiro atoms. The van der Waals surface area contributed by atoms with Crippen molar-refractivity contribution in [2.45, 2.75) is 6.92 Å². The number of rotatable bonds is 3. The van der Waals surface area contributed by atoms with Crippen molar-refractivity contribution in [1.82, 2.24) is 0 Å². The molecule has 0 saturated heterocycles. The molecule has 2 rings (SSSR count). The summed E-state index contributed by atoms with van der Waals surface area (Å²) in [6.07, 6.45) is 0. The average Bonchev–Trinajstić information content (AvgIpc) is 2.48. The Balaban J connectivity index is 2.30. The van der Waals surface area contributed by atoms with E-state index in [1.807, 2.05) is 19.1 Å². The SMILES string of the molecule is Cc1c(Cl)cccc1C(=O)N(C)c1ccc(C(N)=S)cc1. The Morgan fingerprint density at radius 3 is 2.38 bits per heavy atom. The fourth-order valence-electron chi connectivity index (χ4n) is 1.99. The summed E-state index contributed by atoms with van der Waals surface area (Å²) in [7, 11) is 1.72. The Morgan fingerprint density at radius 1 is 1.19 bits per heavy atom. The Hall–Kier alpha value is -1.91. The number of halogens is 1. The van der Waals surface area contributed by atoms with Crippen molar-refractivity contribution in [2.24, 2.45) is 5.73 Å². The number of carbonyl (C=O) groups is 1. The third kappa shape index (κ3) is 3.23. The summed E-state index contributed by atoms with van der Waals surface area (Å²) >= 11 is 11.0. The number of hydrogen-bond donors (Lipinski definition) is 1. The number of carbonyl (C=O) groups excluding carboxylic acids is 1. The van der Waals surface area contributed by atoms with Crippen molar-refractivity contribution >= 4 is 40.4 Å². The van der Waals surface area contributed by atoms with Gasteiger partial charge < -0.3 is 10.6 Å². The largest absolute Gasteiger partial charge is 0.389 e. The Bertz CT molecular complexity index is 698. The van der Waals surface area contributed by atoms with Crippen LogP contribution in [0.4, 0.5) is 5.69 Å². The number of thiocarbonyl (C=S) groups is 1. The van der Waals surface area contributed by atoms with Gasteiger partial charge in [0, 0.05) is 28.9 Å². The second kappa shape index (κ2) is 6.24. The highest BCUT2D eigenvalue weighted by molar-refractivity contribution is 7.80. The van der Waals surface area contributed by atoms with Gasteiger partial charge in [0.2, 0.25) is 0 Å². The Morgan fingerprint density at radius 2 is 1.81 bits per heavy atom. The third-order valence-electron chi connectivity index (χ3n) is 3.34. The standard InChI is InChI=1S/C16H15ClN2OS/c1-10-13(4-3-5-14(10)17)16(20)19(2)12-8-6-11(7-9-12)15(18)21/h3-9H,1-2H3,(H2,18,21). The summed E-state index contributed by atoms with van der Waals surface area (Å²) in [6.45, 7) is 1.83. The zero-order valence-corrected chi connectivity index (χ0v) is 13.3. The molecule has 0 atom stereocenters. The number of nitrogens with two attached hydrogens (primary N) is 1. The lowest BCUT2D eigenvalue weighted by Crippen LogP contribution is -2.27. The Labute approximate surface area is 134 Å². The van der Waals surface area contributed by atoms with Crippen LogP contribution in [0, 0.1) is 6.92 Å². The fourth-order valence-corrected chi connectivity index (χ4v) is 2.30. The lowest BCUT2D eigenvalue weighted by atomic mass is 10.1. The molecule has 0 aromatic heterocycles. The maximum absolute atomic E-state index is 12.6. The molecule has 0 aliphatic rings. The molecule has 1 amide bonds. The first-order chi connectivity index (χ1) is 9.91. The first-order valence-electron chi connectivity index (χ1n) is 6.35. The van der Waals surface area contributed by atoms with Crippen LogP contribution in [0.5, 0.6) is 0 Å². The molecule has 3 nitrogen and oxygen atoms in total. The van der Waals surface area contributed by atoms with Gasteiger partial charge in [-0.1, -0.05) is 29.9 Å². The van der Waals surface area contributed by atoms with Crippen LogP contribution >= 0.6 is 23.8 Å². The number of nitrogens with zero attached hydrogens (tertiary/aromatic N) is 1. The van der Waals surface area contributed by atoms with E-state index in [0.29, 0.717) is 15.6 Å². The topological polar surface area (TPSA) is 46.3 Å². The zero-order valence-electron chi connectivity index (χ0n) is 11.8. The number of benzene rings is 2. The molecule has 2 aromatic rings. The second-order valence-corrected chi connectivity index (χ2v) is 5.53. The van der Waals surface area contributed by atoms with Crippen molar-refractivity contribution in [3.05, 3.63) is 64.2 Å². The molecule has 0 bridgehead atoms. The molecular formula is C16H15ClN2OS. The van der Waals surface area contributed by atoms with Crippen molar-refractivity contribution < 1.29 is 4.79 Å². The maximum Gasteiger partial charge on any atom is 0.258 e. The van der Waals surface area contributed by atoms with Crippen LogP contribution in [0.15, 0.2) is 42.5 Å². The summed E-state index contributed by atoms with van der Waals surface area (Å²) in [5.41, 5.74) is 8.46. The molecule has 0 saturated carbocycles. The van der Waals surface area contributed by atoms with E-state index in [2.05, 4.69) is 0 Å². The quantitative estimate of drug-likeness (QED) is 0.880. The van der Waals surface area contributed by atoms with Gasteiger partial charge in [-0.05, 0) is 48.9 Å². The van der Waals surface area contributed by atoms with E-state index in [4.69, 9.17) is 29.6 Å². The predicted octanol–water partition coefficient (Wildman–Crippen LogP) is 3.56. The van der Waals surface area contributed by atoms with Crippen LogP contribution in [-0.4, -0.2) is 17.9 Å². The van der Waals surface area contributed by atoms with Gasteiger partial charge in [-0.25, -0.2) is 0 Å². The minimum absolute atomic E-state index is 0.113. The molecular weight excluding hydrogens is 304 g/mol. The lowest BCUT2D eigenvalue weighted by Gasteiger charge is -2.19. The summed E-state index contributed by atoms with van der Waals surface area (Å²) in [5, 5.41) is 0.582. The molecule has 0 fully saturated rings. The molecule has 0 aliphatic heterocycles. The van der Waals surface area contributed by atoms with Crippen LogP contribution in [-0.2, 0) is 0 Å². The van der Waals surface area contributed by atoms with Gasteiger partial charge in [0.05, 0.1) is 0 Å². The van der Waals surface area contributed by atoms with Crippen molar-refractivity contribution in [3.8, 4) is 0 Å². The highest BCUT2D eigenvalue weighted by Gasteiger charge is 2.16. The smallest absolute Gasteiger partial charge is 0.258 e. The lowest BCUT2D eigenvalue weighted by molar-refractivity contribution is 0.0992. The van der Waals surface area contributed by atoms with Crippen LogP contribution < -0.4 is 10.6 Å². The zero-order chi connectivity index (χ0) is 15.6. The van der Waals surface area contributed by atoms with Gasteiger partial charge in [-0.2, -0.15) is 0 Å². The third-order valence-corrected chi connectivity index (χ3v) is 3.99. The van der Waals surface area contributed by atoms with E-state index in [9.17, 15) is 4.79 Å². The molecule has 0 heterocycles. The van der Waals surface area contributed by atoms with Gasteiger partial charge in [0.25, 0.3) is 5.91 Å². The normalized spacial score (nSPS) is 10.2. The summed E-state index contributed by atoms with van der Waals surface area (Å²) in [5.74, 6) is -0.113. The van der Waals surface area contributed by atoms with Crippen molar-refractivity contribution in [1.29, 1.82) is 0 Å². The molecule has 21 heavy (non-hydrogen) atoms. The minimum Gasteiger partial charge on any atom is -0.389 e. The Kier molecular flexibility index (Phi) is 4.60. The van der Waals surface area contributed by atoms with E-state index in [1.165, 1.54) is 0 Å². The monoisotopic (exact) mass is 318 g/mol. The highest BCUT2D eigenvalue weighted by Crippen LogP contribution is 2.22. The summed E-state index contributed by atoms with van der Waals surface area (Å²) in [4.78, 5) is 14.5. The van der Waals surface area contributed by atoms with E-state index < -0.39 is 0 Å². The molecule has 108 valence electrons. The molecule has 2 N–H and O–H groups in total. The first-order valence-corrected chi connectivity index (χ1v) is 7.13. The molecule has 0 unspecified atom stereocenters. The van der Waals surface area contributed by atoms with Gasteiger partial charge in [-0.3, -0.25) is 4.79 Å². The van der Waals surface area contributed by atoms with Crippen LogP contribution in [0.25, 0.3) is 0 Å². The molecule has 2 aromatic carbocycles. The minimum atomic E-state index is -0.113. The summed E-state index contributed by atoms with van der Waals surface area (Å²) < 4.78 is 0. The van der Waals surface area contributed by atoms with Crippen molar-refractivity contribution in [2.75, 3.05) is 11.9 Å². The van der Waals surface area contributed by atoms with Crippen LogP contribution in [0.3, 0.4) is 0 Å². The first kappa shape index (κ1) is 15.5. The van der Waals surface area contributed by atoms with Gasteiger partial charge in [0.15, 0.2) is 0 Å². The van der Waals surface area contributed by atoms with E-state index in [1.54, 1.807) is 42.3 Å². The molecule has 0 radical (unpaired) electrons. The van der Waals surface area contributed by atoms with Gasteiger partial charge in [-0.15, -0.1) is 0 Å². The van der Waals surface area contributed by atoms with E-state index in [0.717, 1.165) is 16.8 Å².